The molecule has 0 heterocycles. The Morgan fingerprint density at radius 3 is 2.45 bits per heavy atom. The highest BCUT2D eigenvalue weighted by Crippen LogP contribution is 2.37. The number of amides is 1. The van der Waals surface area contributed by atoms with Gasteiger partial charge in [-0.1, -0.05) is 64.3 Å². The molecule has 29 heavy (non-hydrogen) atoms. The third-order valence-corrected chi connectivity index (χ3v) is 6.20. The van der Waals surface area contributed by atoms with Crippen molar-refractivity contribution >= 4 is 12.4 Å². The quantitative estimate of drug-likeness (QED) is 0.151. The fourth-order valence-electron chi connectivity index (χ4n) is 3.98. The van der Waals surface area contributed by atoms with Crippen molar-refractivity contribution in [2.75, 3.05) is 0 Å². The zero-order valence-electron chi connectivity index (χ0n) is 18.1. The van der Waals surface area contributed by atoms with Crippen molar-refractivity contribution in [1.82, 2.24) is 5.32 Å². The minimum atomic E-state index is -2.77. The number of hydrogen-bond acceptors (Lipinski definition) is 4. The van der Waals surface area contributed by atoms with E-state index in [-0.39, 0.29) is 18.4 Å². The molecular formula is C23H39NO5. The molecule has 4 N–H and O–H groups in total. The van der Waals surface area contributed by atoms with Gasteiger partial charge in [0, 0.05) is 17.4 Å². The summed E-state index contributed by atoms with van der Waals surface area (Å²) in [5.74, 6) is -3.71. The van der Waals surface area contributed by atoms with Crippen LogP contribution in [0.3, 0.4) is 0 Å². The molecule has 0 aromatic heterocycles. The maximum absolute atomic E-state index is 11.1. The number of aliphatic carboxylic acids is 1. The first kappa shape index (κ1) is 25.4. The summed E-state index contributed by atoms with van der Waals surface area (Å²) in [4.78, 5) is 22.0. The van der Waals surface area contributed by atoms with Gasteiger partial charge in [0.1, 0.15) is 0 Å². The molecule has 1 fully saturated rings. The van der Waals surface area contributed by atoms with Crippen molar-refractivity contribution in [3.8, 4) is 0 Å². The molecule has 1 saturated carbocycles. The average Bonchev–Trinajstić information content (AvgIpc) is 3.03. The zero-order valence-corrected chi connectivity index (χ0v) is 18.1. The van der Waals surface area contributed by atoms with E-state index in [1.54, 1.807) is 0 Å². The smallest absolute Gasteiger partial charge is 0.364 e. The molecule has 0 unspecified atom stereocenters. The third kappa shape index (κ3) is 7.59. The Bertz CT molecular complexity index is 568. The molecule has 0 aromatic rings. The van der Waals surface area contributed by atoms with Crippen LogP contribution in [-0.2, 0) is 9.59 Å². The highest BCUT2D eigenvalue weighted by atomic mass is 16.5. The van der Waals surface area contributed by atoms with Crippen LogP contribution in [0.4, 0.5) is 0 Å². The van der Waals surface area contributed by atoms with E-state index in [0.29, 0.717) is 5.92 Å². The van der Waals surface area contributed by atoms with E-state index in [2.05, 4.69) is 24.4 Å². The zero-order chi connectivity index (χ0) is 21.9. The number of carboxylic acids is 1. The lowest BCUT2D eigenvalue weighted by Crippen LogP contribution is -2.51. The van der Waals surface area contributed by atoms with Gasteiger partial charge in [0.2, 0.25) is 6.41 Å². The van der Waals surface area contributed by atoms with Gasteiger partial charge < -0.3 is 20.6 Å². The molecule has 3 atom stereocenters. The van der Waals surface area contributed by atoms with Gasteiger partial charge in [-0.25, -0.2) is 4.79 Å². The second-order valence-corrected chi connectivity index (χ2v) is 8.86. The summed E-state index contributed by atoms with van der Waals surface area (Å²) in [7, 11) is 0. The van der Waals surface area contributed by atoms with E-state index >= 15 is 0 Å². The molecule has 1 rings (SSSR count). The second-order valence-electron chi connectivity index (χ2n) is 8.86. The SMILES string of the molecule is CCCCCC/C=C/[C@@H]1[C@@H](C/C=C\CC(C)(C)C(O)(O)C(=O)O)CC[C@H]1NC=O. The van der Waals surface area contributed by atoms with Crippen molar-refractivity contribution in [2.45, 2.75) is 90.4 Å². The largest absolute Gasteiger partial charge is 0.477 e. The van der Waals surface area contributed by atoms with Crippen molar-refractivity contribution in [3.63, 3.8) is 0 Å². The Labute approximate surface area is 175 Å². The van der Waals surface area contributed by atoms with E-state index in [1.807, 2.05) is 12.2 Å². The maximum atomic E-state index is 11.1. The maximum Gasteiger partial charge on any atom is 0.364 e. The predicted molar refractivity (Wildman–Crippen MR) is 114 cm³/mol. The van der Waals surface area contributed by atoms with Gasteiger partial charge >= 0.3 is 5.97 Å². The normalized spacial score (nSPS) is 23.1. The fourth-order valence-corrected chi connectivity index (χ4v) is 3.98. The number of rotatable bonds is 14. The monoisotopic (exact) mass is 409 g/mol. The number of aliphatic hydroxyl groups is 2. The van der Waals surface area contributed by atoms with Crippen LogP contribution >= 0.6 is 0 Å². The van der Waals surface area contributed by atoms with Gasteiger partial charge in [-0.15, -0.1) is 0 Å². The fraction of sp³-hybridized carbons (Fsp3) is 0.739. The Morgan fingerprint density at radius 1 is 1.10 bits per heavy atom. The number of allylic oxidation sites excluding steroid dienone is 3. The molecule has 0 bridgehead atoms. The summed E-state index contributed by atoms with van der Waals surface area (Å²) in [5.41, 5.74) is -1.20. The van der Waals surface area contributed by atoms with Crippen LogP contribution in [0.2, 0.25) is 0 Å². The summed E-state index contributed by atoms with van der Waals surface area (Å²) in [6.07, 6.45) is 18.1. The molecule has 0 radical (unpaired) electrons. The van der Waals surface area contributed by atoms with Crippen LogP contribution in [0.5, 0.6) is 0 Å². The van der Waals surface area contributed by atoms with E-state index in [1.165, 1.54) is 39.5 Å². The number of hydrogen-bond donors (Lipinski definition) is 4. The number of nitrogens with one attached hydrogen (secondary N) is 1. The minimum Gasteiger partial charge on any atom is -0.477 e. The number of unbranched alkanes of at least 4 members (excludes halogenated alkanes) is 4. The van der Waals surface area contributed by atoms with Gasteiger partial charge in [-0.3, -0.25) is 4.79 Å². The number of carbonyl (C=O) groups excluding carboxylic acids is 1. The molecule has 0 aromatic carbocycles. The topological polar surface area (TPSA) is 107 Å². The second kappa shape index (κ2) is 12.1. The van der Waals surface area contributed by atoms with E-state index < -0.39 is 17.2 Å². The highest BCUT2D eigenvalue weighted by Gasteiger charge is 2.48. The van der Waals surface area contributed by atoms with Crippen LogP contribution in [-0.4, -0.2) is 39.5 Å². The lowest BCUT2D eigenvalue weighted by atomic mass is 9.79. The molecule has 6 nitrogen and oxygen atoms in total. The average molecular weight is 410 g/mol. The predicted octanol–water partition coefficient (Wildman–Crippen LogP) is 3.78. The Kier molecular flexibility index (Phi) is 10.6. The van der Waals surface area contributed by atoms with Crippen molar-refractivity contribution in [2.24, 2.45) is 17.3 Å². The minimum absolute atomic E-state index is 0.156. The molecular weight excluding hydrogens is 370 g/mol. The van der Waals surface area contributed by atoms with Gasteiger partial charge in [-0.05, 0) is 44.4 Å². The van der Waals surface area contributed by atoms with E-state index in [9.17, 15) is 19.8 Å². The van der Waals surface area contributed by atoms with Crippen molar-refractivity contribution in [1.29, 1.82) is 0 Å². The lowest BCUT2D eigenvalue weighted by molar-refractivity contribution is -0.241. The van der Waals surface area contributed by atoms with Crippen LogP contribution in [0.15, 0.2) is 24.3 Å². The third-order valence-electron chi connectivity index (χ3n) is 6.20. The molecule has 0 saturated heterocycles. The first-order valence-electron chi connectivity index (χ1n) is 10.9. The van der Waals surface area contributed by atoms with Gasteiger partial charge in [-0.2, -0.15) is 0 Å². The van der Waals surface area contributed by atoms with Crippen molar-refractivity contribution in [3.05, 3.63) is 24.3 Å². The Balaban J connectivity index is 2.63. The van der Waals surface area contributed by atoms with Crippen LogP contribution < -0.4 is 5.32 Å². The van der Waals surface area contributed by atoms with E-state index in [4.69, 9.17) is 5.11 Å². The molecule has 0 aliphatic heterocycles. The summed E-state index contributed by atoms with van der Waals surface area (Å²) >= 11 is 0. The summed E-state index contributed by atoms with van der Waals surface area (Å²) in [6.45, 7) is 5.25. The number of carboxylic acid groups (broad SMARTS) is 1. The lowest BCUT2D eigenvalue weighted by Gasteiger charge is -2.33. The molecule has 0 spiro atoms. The van der Waals surface area contributed by atoms with Gasteiger partial charge in [0.25, 0.3) is 5.79 Å². The summed E-state index contributed by atoms with van der Waals surface area (Å²) in [5, 5.41) is 31.6. The van der Waals surface area contributed by atoms with E-state index in [0.717, 1.165) is 32.1 Å². The standard InChI is InChI=1S/C23H39NO5/c1-4-5-6-7-8-9-13-19-18(14-15-20(19)24-17-25)12-10-11-16-22(2,3)23(28,29)21(26)27/h9-11,13,17-20,28-29H,4-8,12,14-16H2,1-3H3,(H,24,25)(H,26,27)/b11-10-,13-9+/t18-,19+,20+/m0/s1. The van der Waals surface area contributed by atoms with Crippen LogP contribution in [0.1, 0.15) is 78.6 Å². The molecule has 166 valence electrons. The molecule has 6 heteroatoms. The van der Waals surface area contributed by atoms with Crippen LogP contribution in [0, 0.1) is 17.3 Å². The van der Waals surface area contributed by atoms with Gasteiger partial charge in [0.05, 0.1) is 0 Å². The van der Waals surface area contributed by atoms with Crippen LogP contribution in [0.25, 0.3) is 0 Å². The summed E-state index contributed by atoms with van der Waals surface area (Å²) in [6, 6.07) is 0.156. The first-order valence-corrected chi connectivity index (χ1v) is 10.9. The number of carbonyl (C=O) groups is 2. The molecule has 1 aliphatic rings. The highest BCUT2D eigenvalue weighted by molar-refractivity contribution is 5.76. The molecule has 1 amide bonds. The Morgan fingerprint density at radius 2 is 1.83 bits per heavy atom. The van der Waals surface area contributed by atoms with Crippen molar-refractivity contribution < 1.29 is 24.9 Å². The summed E-state index contributed by atoms with van der Waals surface area (Å²) < 4.78 is 0. The first-order chi connectivity index (χ1) is 13.7. The van der Waals surface area contributed by atoms with Gasteiger partial charge in [0.15, 0.2) is 0 Å². The Hall–Kier alpha value is -1.66. The molecule has 1 aliphatic carbocycles.